The van der Waals surface area contributed by atoms with Gasteiger partial charge in [-0.15, -0.1) is 24.0 Å². The molecular weight excluding hydrogens is 195 g/mol. The van der Waals surface area contributed by atoms with Crippen LogP contribution in [0.4, 0.5) is 0 Å². The van der Waals surface area contributed by atoms with E-state index in [9.17, 15) is 0 Å². The summed E-state index contributed by atoms with van der Waals surface area (Å²) in [5, 5.41) is 6.06. The molecule has 0 rings (SSSR count). The molecule has 8 N–H and O–H groups in total. The Labute approximate surface area is 53.4 Å². The summed E-state index contributed by atoms with van der Waals surface area (Å²) in [6, 6.07) is 0. The van der Waals surface area contributed by atoms with E-state index in [1.54, 1.807) is 0 Å². The fourth-order valence-electron chi connectivity index (χ4n) is 0. The van der Waals surface area contributed by atoms with Crippen LogP contribution in [0.1, 0.15) is 0 Å². The van der Waals surface area contributed by atoms with Crippen LogP contribution in [0.3, 0.4) is 0 Å². The molecule has 0 radical (unpaired) electrons. The van der Waals surface area contributed by atoms with E-state index < -0.39 is 0 Å². The molecule has 5 heteroatoms. The van der Waals surface area contributed by atoms with Crippen molar-refractivity contribution in [2.45, 2.75) is 0 Å². The quantitative estimate of drug-likeness (QED) is 0.245. The maximum Gasteiger partial charge on any atom is 0.183 e. The zero-order valence-corrected chi connectivity index (χ0v) is 5.60. The van der Waals surface area contributed by atoms with E-state index in [4.69, 9.17) is 5.41 Å². The Morgan fingerprint density at radius 1 is 1.33 bits per heavy atom. The molecular formula is CH9IN4. The van der Waals surface area contributed by atoms with Gasteiger partial charge in [0.2, 0.25) is 0 Å². The Bertz CT molecular complexity index is 30.5. The minimum atomic E-state index is -0.333. The standard InChI is InChI=1S/CH5N3.HI.H3N/c2-1(3)4;;/h(H5,2,3,4);1H;1H3. The highest BCUT2D eigenvalue weighted by atomic mass is 127. The molecule has 0 heterocycles. The molecule has 0 aliphatic rings. The molecule has 0 unspecified atom stereocenters. The van der Waals surface area contributed by atoms with Crippen LogP contribution in [-0.2, 0) is 0 Å². The second-order valence-electron chi connectivity index (χ2n) is 0.455. The van der Waals surface area contributed by atoms with Crippen molar-refractivity contribution in [3.8, 4) is 0 Å². The van der Waals surface area contributed by atoms with E-state index in [-0.39, 0.29) is 36.1 Å². The summed E-state index contributed by atoms with van der Waals surface area (Å²) in [5.41, 5.74) is 8.94. The Morgan fingerprint density at radius 3 is 1.33 bits per heavy atom. The summed E-state index contributed by atoms with van der Waals surface area (Å²) < 4.78 is 0. The van der Waals surface area contributed by atoms with Gasteiger partial charge in [-0.1, -0.05) is 0 Å². The molecule has 40 valence electrons. The van der Waals surface area contributed by atoms with Gasteiger partial charge in [-0.25, -0.2) is 0 Å². The lowest BCUT2D eigenvalue weighted by atomic mass is 11.1. The average Bonchev–Trinajstić information content (AvgIpc) is 0.811. The Morgan fingerprint density at radius 2 is 1.33 bits per heavy atom. The third-order valence-corrected chi connectivity index (χ3v) is 0. The third-order valence-electron chi connectivity index (χ3n) is 0. The first kappa shape index (κ1) is 16.7. The highest BCUT2D eigenvalue weighted by molar-refractivity contribution is 14.0. The number of rotatable bonds is 0. The van der Waals surface area contributed by atoms with Crippen molar-refractivity contribution in [3.05, 3.63) is 0 Å². The molecule has 6 heavy (non-hydrogen) atoms. The number of nitrogens with one attached hydrogen (secondary N) is 1. The van der Waals surface area contributed by atoms with Gasteiger partial charge in [0.1, 0.15) is 0 Å². The molecule has 0 spiro atoms. The molecule has 0 fully saturated rings. The van der Waals surface area contributed by atoms with Crippen molar-refractivity contribution in [2.75, 3.05) is 0 Å². The van der Waals surface area contributed by atoms with Gasteiger partial charge in [0.05, 0.1) is 0 Å². The zero-order chi connectivity index (χ0) is 3.58. The molecule has 0 aromatic heterocycles. The highest BCUT2D eigenvalue weighted by Gasteiger charge is 1.52. The number of hydrogen-bond donors (Lipinski definition) is 4. The number of guanidine groups is 1. The Kier molecular flexibility index (Phi) is 24.8. The fraction of sp³-hybridized carbons (Fsp3) is 0. The summed E-state index contributed by atoms with van der Waals surface area (Å²) in [4.78, 5) is 0. The number of nitrogens with two attached hydrogens (primary N) is 2. The molecule has 0 aromatic carbocycles. The van der Waals surface area contributed by atoms with Gasteiger partial charge in [0.15, 0.2) is 5.96 Å². The van der Waals surface area contributed by atoms with Gasteiger partial charge in [-0.05, 0) is 0 Å². The minimum absolute atomic E-state index is 0. The molecule has 0 saturated heterocycles. The predicted molar refractivity (Wildman–Crippen MR) is 36.5 cm³/mol. The average molecular weight is 204 g/mol. The number of halogens is 1. The maximum absolute atomic E-state index is 6.06. The predicted octanol–water partition coefficient (Wildman–Crippen LogP) is -0.381. The lowest BCUT2D eigenvalue weighted by Gasteiger charge is -1.69. The second kappa shape index (κ2) is 8.88. The molecule has 4 nitrogen and oxygen atoms in total. The van der Waals surface area contributed by atoms with E-state index in [2.05, 4.69) is 11.5 Å². The van der Waals surface area contributed by atoms with Gasteiger partial charge >= 0.3 is 0 Å². The summed E-state index contributed by atoms with van der Waals surface area (Å²) in [6.07, 6.45) is 0. The van der Waals surface area contributed by atoms with Gasteiger partial charge in [-0.2, -0.15) is 0 Å². The van der Waals surface area contributed by atoms with Gasteiger partial charge in [0, 0.05) is 0 Å². The summed E-state index contributed by atoms with van der Waals surface area (Å²) >= 11 is 0. The van der Waals surface area contributed by atoms with Gasteiger partial charge < -0.3 is 17.6 Å². The monoisotopic (exact) mass is 204 g/mol. The topological polar surface area (TPSA) is 111 Å². The van der Waals surface area contributed by atoms with Crippen LogP contribution in [0.25, 0.3) is 0 Å². The van der Waals surface area contributed by atoms with E-state index in [0.29, 0.717) is 0 Å². The van der Waals surface area contributed by atoms with Crippen molar-refractivity contribution in [1.82, 2.24) is 6.15 Å². The smallest absolute Gasteiger partial charge is 0.183 e. The van der Waals surface area contributed by atoms with Crippen LogP contribution in [-0.4, -0.2) is 5.96 Å². The normalized spacial score (nSPS) is 4.00. The molecule has 0 aromatic rings. The van der Waals surface area contributed by atoms with E-state index >= 15 is 0 Å². The van der Waals surface area contributed by atoms with Crippen molar-refractivity contribution < 1.29 is 0 Å². The lowest BCUT2D eigenvalue weighted by molar-refractivity contribution is 1.39. The molecule has 0 aliphatic carbocycles. The highest BCUT2D eigenvalue weighted by Crippen LogP contribution is 1.13. The van der Waals surface area contributed by atoms with Crippen molar-refractivity contribution >= 4 is 29.9 Å². The van der Waals surface area contributed by atoms with E-state index in [0.717, 1.165) is 0 Å². The molecule has 0 saturated carbocycles. The first-order valence-electron chi connectivity index (χ1n) is 0.827. The van der Waals surface area contributed by atoms with Crippen LogP contribution in [0, 0.1) is 5.41 Å². The second-order valence-corrected chi connectivity index (χ2v) is 0.455. The first-order valence-corrected chi connectivity index (χ1v) is 0.827. The SMILES string of the molecule is I.N.N=C(N)N. The number of hydrogen-bond acceptors (Lipinski definition) is 2. The van der Waals surface area contributed by atoms with Gasteiger partial charge in [-0.3, -0.25) is 5.41 Å². The molecule has 0 atom stereocenters. The van der Waals surface area contributed by atoms with Crippen molar-refractivity contribution in [1.29, 1.82) is 5.41 Å². The van der Waals surface area contributed by atoms with Gasteiger partial charge in [0.25, 0.3) is 0 Å². The minimum Gasteiger partial charge on any atom is -0.370 e. The first-order chi connectivity index (χ1) is 1.73. The molecule has 0 amide bonds. The lowest BCUT2D eigenvalue weighted by Crippen LogP contribution is -2.20. The molecule has 0 bridgehead atoms. The van der Waals surface area contributed by atoms with Crippen LogP contribution in [0.2, 0.25) is 0 Å². The maximum atomic E-state index is 6.06. The summed E-state index contributed by atoms with van der Waals surface area (Å²) in [5.74, 6) is -0.333. The van der Waals surface area contributed by atoms with E-state index in [1.165, 1.54) is 0 Å². The van der Waals surface area contributed by atoms with E-state index in [1.807, 2.05) is 0 Å². The van der Waals surface area contributed by atoms with Crippen LogP contribution < -0.4 is 17.6 Å². The zero-order valence-electron chi connectivity index (χ0n) is 3.27. The van der Waals surface area contributed by atoms with Crippen LogP contribution in [0.15, 0.2) is 0 Å². The van der Waals surface area contributed by atoms with Crippen molar-refractivity contribution in [2.24, 2.45) is 11.5 Å². The Hall–Kier alpha value is -0.0400. The fourth-order valence-corrected chi connectivity index (χ4v) is 0. The third kappa shape index (κ3) is 21700. The Balaban J connectivity index is -0.0000000450. The van der Waals surface area contributed by atoms with Crippen LogP contribution in [0.5, 0.6) is 0 Å². The van der Waals surface area contributed by atoms with Crippen molar-refractivity contribution in [3.63, 3.8) is 0 Å². The summed E-state index contributed by atoms with van der Waals surface area (Å²) in [6.45, 7) is 0. The largest absolute Gasteiger partial charge is 0.370 e. The summed E-state index contributed by atoms with van der Waals surface area (Å²) in [7, 11) is 0. The molecule has 0 aliphatic heterocycles. The van der Waals surface area contributed by atoms with Crippen LogP contribution >= 0.6 is 24.0 Å².